The fourth-order valence-electron chi connectivity index (χ4n) is 9.59. The molecule has 0 rings (SSSR count). The van der Waals surface area contributed by atoms with E-state index >= 15 is 0 Å². The Kier molecular flexibility index (Phi) is 62.8. The average Bonchev–Trinajstić information content (AvgIpc) is 3.41. The van der Waals surface area contributed by atoms with Crippen molar-refractivity contribution in [1.29, 1.82) is 0 Å². The summed E-state index contributed by atoms with van der Waals surface area (Å²) < 4.78 is 0. The van der Waals surface area contributed by atoms with Crippen molar-refractivity contribution in [3.05, 3.63) is 109 Å². The number of rotatable bonds is 59. The number of allylic oxidation sites excluding steroid dienone is 17. The number of aliphatic hydroxyl groups excluding tert-OH is 2. The van der Waals surface area contributed by atoms with Crippen molar-refractivity contribution in [1.82, 2.24) is 5.32 Å². The number of amides is 1. The smallest absolute Gasteiger partial charge is 0.220 e. The van der Waals surface area contributed by atoms with Crippen LogP contribution in [0.4, 0.5) is 0 Å². The molecule has 3 N–H and O–H groups in total. The van der Waals surface area contributed by atoms with Crippen LogP contribution < -0.4 is 5.32 Å². The van der Waals surface area contributed by atoms with Gasteiger partial charge >= 0.3 is 0 Å². The van der Waals surface area contributed by atoms with Crippen LogP contribution in [0.3, 0.4) is 0 Å². The van der Waals surface area contributed by atoms with E-state index < -0.39 is 12.1 Å². The Morgan fingerprint density at radius 3 is 0.933 bits per heavy atom. The van der Waals surface area contributed by atoms with Crippen molar-refractivity contribution in [2.24, 2.45) is 0 Å². The van der Waals surface area contributed by atoms with Crippen molar-refractivity contribution >= 4 is 5.91 Å². The van der Waals surface area contributed by atoms with Gasteiger partial charge in [-0.1, -0.05) is 329 Å². The van der Waals surface area contributed by atoms with Crippen LogP contribution in [0.1, 0.15) is 316 Å². The van der Waals surface area contributed by atoms with Crippen LogP contribution in [0.2, 0.25) is 0 Å². The summed E-state index contributed by atoms with van der Waals surface area (Å²) in [5.74, 6) is -0.0728. The summed E-state index contributed by atoms with van der Waals surface area (Å²) in [4.78, 5) is 12.5. The molecular weight excluding hydrogens is 915 g/mol. The van der Waals surface area contributed by atoms with Crippen LogP contribution in [0.5, 0.6) is 0 Å². The van der Waals surface area contributed by atoms with Crippen molar-refractivity contribution in [2.45, 2.75) is 328 Å². The van der Waals surface area contributed by atoms with E-state index in [2.05, 4.69) is 116 Å². The number of nitrogens with one attached hydrogen (secondary N) is 1. The highest BCUT2D eigenvalue weighted by atomic mass is 16.3. The Balaban J connectivity index is 3.52. The van der Waals surface area contributed by atoms with Gasteiger partial charge in [0.2, 0.25) is 5.91 Å². The second-order valence-corrected chi connectivity index (χ2v) is 21.8. The highest BCUT2D eigenvalue weighted by molar-refractivity contribution is 5.76. The zero-order valence-corrected chi connectivity index (χ0v) is 49.8. The van der Waals surface area contributed by atoms with Crippen molar-refractivity contribution < 1.29 is 15.0 Å². The highest BCUT2D eigenvalue weighted by Gasteiger charge is 2.18. The maximum atomic E-state index is 12.5. The lowest BCUT2D eigenvalue weighted by molar-refractivity contribution is -0.123. The maximum absolute atomic E-state index is 12.5. The highest BCUT2D eigenvalue weighted by Crippen LogP contribution is 2.17. The van der Waals surface area contributed by atoms with Gasteiger partial charge in [-0.15, -0.1) is 0 Å². The molecule has 2 unspecified atom stereocenters. The molecule has 0 fully saturated rings. The standard InChI is InChI=1S/C71H125NO3/c1-3-5-7-9-11-13-15-17-19-21-23-25-27-29-30-31-32-33-34-35-36-37-38-39-40-41-42-43-45-47-49-51-53-55-57-59-61-63-65-67-71(75)72-69(68-73)70(74)66-64-62-60-58-56-54-52-50-48-46-44-28-26-24-22-20-18-16-14-12-10-8-6-4-2/h5,7,11,13,17,19,23,25,29-30,32-33,35-36,56,58,64,66,69-70,73-74H,3-4,6,8-10,12,14-16,18,20-22,24,26-28,31,34,37-55,57,59-63,65,67-68H2,1-2H3,(H,72,75)/b7-5-,13-11-,19-17-,25-23-,30-29-,33-32-,36-35-,58-56+,66-64+. The number of carbonyl (C=O) groups excluding carboxylic acids is 1. The van der Waals surface area contributed by atoms with E-state index in [-0.39, 0.29) is 12.5 Å². The molecule has 0 radical (unpaired) electrons. The lowest BCUT2D eigenvalue weighted by atomic mass is 10.0. The first kappa shape index (κ1) is 72.0. The largest absolute Gasteiger partial charge is 0.394 e. The van der Waals surface area contributed by atoms with Crippen molar-refractivity contribution in [3.63, 3.8) is 0 Å². The van der Waals surface area contributed by atoms with Crippen molar-refractivity contribution in [2.75, 3.05) is 6.61 Å². The molecular formula is C71H125NO3. The monoisotopic (exact) mass is 1040 g/mol. The lowest BCUT2D eigenvalue weighted by Gasteiger charge is -2.19. The zero-order chi connectivity index (χ0) is 54.1. The molecule has 432 valence electrons. The molecule has 0 heterocycles. The Morgan fingerprint density at radius 2 is 0.600 bits per heavy atom. The molecule has 0 aromatic carbocycles. The summed E-state index contributed by atoms with van der Waals surface area (Å²) in [6, 6.07) is -0.645. The number of carbonyl (C=O) groups is 1. The SMILES string of the molecule is CC/C=C\C/C=C\C/C=C\C/C=C\C/C=C\C/C=C\C/C=C\CCCCCCCCCCCCCCCCCCCC(=O)NC(CO)C(O)/C=C/CC/C=C/CCCCCCCCCCCCCCCCCCCC. The first-order chi connectivity index (χ1) is 37.2. The van der Waals surface area contributed by atoms with Crippen LogP contribution in [-0.2, 0) is 4.79 Å². The Hall–Kier alpha value is -2.95. The summed E-state index contributed by atoms with van der Waals surface area (Å²) >= 11 is 0. The Bertz CT molecular complexity index is 1410. The normalized spacial score (nSPS) is 13.5. The fraction of sp³-hybridized carbons (Fsp3) is 0.732. The van der Waals surface area contributed by atoms with Gasteiger partial charge in [-0.2, -0.15) is 0 Å². The van der Waals surface area contributed by atoms with E-state index in [0.717, 1.165) is 77.0 Å². The molecule has 2 atom stereocenters. The molecule has 0 saturated carbocycles. The summed E-state index contributed by atoms with van der Waals surface area (Å²) in [6.45, 7) is 4.20. The first-order valence-electron chi connectivity index (χ1n) is 32.6. The molecule has 0 aliphatic heterocycles. The van der Waals surface area contributed by atoms with Crippen LogP contribution in [0.15, 0.2) is 109 Å². The second kappa shape index (κ2) is 65.3. The number of hydrogen-bond donors (Lipinski definition) is 3. The fourth-order valence-corrected chi connectivity index (χ4v) is 9.59. The van der Waals surface area contributed by atoms with Crippen LogP contribution >= 0.6 is 0 Å². The topological polar surface area (TPSA) is 69.6 Å². The number of aliphatic hydroxyl groups is 2. The third-order valence-corrected chi connectivity index (χ3v) is 14.5. The van der Waals surface area contributed by atoms with Crippen molar-refractivity contribution in [3.8, 4) is 0 Å². The van der Waals surface area contributed by atoms with E-state index in [1.807, 2.05) is 6.08 Å². The lowest BCUT2D eigenvalue weighted by Crippen LogP contribution is -2.45. The minimum absolute atomic E-state index is 0.0728. The molecule has 0 bridgehead atoms. The maximum Gasteiger partial charge on any atom is 0.220 e. The van der Waals surface area contributed by atoms with E-state index in [1.165, 1.54) is 218 Å². The van der Waals surface area contributed by atoms with E-state index in [9.17, 15) is 15.0 Å². The zero-order valence-electron chi connectivity index (χ0n) is 49.8. The predicted molar refractivity (Wildman–Crippen MR) is 336 cm³/mol. The first-order valence-corrected chi connectivity index (χ1v) is 32.6. The van der Waals surface area contributed by atoms with E-state index in [4.69, 9.17) is 0 Å². The summed E-state index contributed by atoms with van der Waals surface area (Å²) in [5.41, 5.74) is 0. The molecule has 0 saturated heterocycles. The third kappa shape index (κ3) is 61.8. The molecule has 0 aromatic heterocycles. The van der Waals surface area contributed by atoms with Gasteiger partial charge in [-0.05, 0) is 89.9 Å². The van der Waals surface area contributed by atoms with E-state index in [1.54, 1.807) is 6.08 Å². The molecule has 1 amide bonds. The Labute approximate surface area is 467 Å². The quantitative estimate of drug-likeness (QED) is 0.0420. The molecule has 0 aliphatic rings. The van der Waals surface area contributed by atoms with Gasteiger partial charge in [0, 0.05) is 6.42 Å². The molecule has 75 heavy (non-hydrogen) atoms. The van der Waals surface area contributed by atoms with Crippen LogP contribution in [0, 0.1) is 0 Å². The van der Waals surface area contributed by atoms with Gasteiger partial charge in [0.25, 0.3) is 0 Å². The van der Waals surface area contributed by atoms with Gasteiger partial charge in [-0.3, -0.25) is 4.79 Å². The summed E-state index contributed by atoms with van der Waals surface area (Å²) in [7, 11) is 0. The van der Waals surface area contributed by atoms with Crippen LogP contribution in [0.25, 0.3) is 0 Å². The molecule has 4 heteroatoms. The summed E-state index contributed by atoms with van der Waals surface area (Å²) in [5, 5.41) is 23.2. The molecule has 0 aromatic rings. The predicted octanol–water partition coefficient (Wildman–Crippen LogP) is 22.2. The molecule has 0 spiro atoms. The van der Waals surface area contributed by atoms with Gasteiger partial charge in [0.15, 0.2) is 0 Å². The Morgan fingerprint density at radius 1 is 0.333 bits per heavy atom. The average molecular weight is 1040 g/mol. The third-order valence-electron chi connectivity index (χ3n) is 14.5. The van der Waals surface area contributed by atoms with Gasteiger partial charge in [0.05, 0.1) is 18.8 Å². The number of unbranched alkanes of at least 4 members (excludes halogenated alkanes) is 36. The molecule has 4 nitrogen and oxygen atoms in total. The van der Waals surface area contributed by atoms with Gasteiger partial charge in [0.1, 0.15) is 0 Å². The number of hydrogen-bond acceptors (Lipinski definition) is 3. The van der Waals surface area contributed by atoms with E-state index in [0.29, 0.717) is 6.42 Å². The van der Waals surface area contributed by atoms with Crippen LogP contribution in [-0.4, -0.2) is 34.9 Å². The summed E-state index contributed by atoms with van der Waals surface area (Å²) in [6.07, 6.45) is 98.6. The minimum Gasteiger partial charge on any atom is -0.394 e. The molecule has 0 aliphatic carbocycles. The van der Waals surface area contributed by atoms with Gasteiger partial charge < -0.3 is 15.5 Å². The van der Waals surface area contributed by atoms with Gasteiger partial charge in [-0.25, -0.2) is 0 Å². The minimum atomic E-state index is -0.868. The second-order valence-electron chi connectivity index (χ2n) is 21.8.